The summed E-state index contributed by atoms with van der Waals surface area (Å²) in [5.74, 6) is 1.05. The predicted molar refractivity (Wildman–Crippen MR) is 99.1 cm³/mol. The lowest BCUT2D eigenvalue weighted by Gasteiger charge is -2.12. The number of amides is 1. The van der Waals surface area contributed by atoms with E-state index in [0.29, 0.717) is 39.9 Å². The molecule has 2 aromatic heterocycles. The van der Waals surface area contributed by atoms with Crippen molar-refractivity contribution in [2.24, 2.45) is 5.92 Å². The highest BCUT2D eigenvalue weighted by atomic mass is 32.1. The summed E-state index contributed by atoms with van der Waals surface area (Å²) < 4.78 is 6.82. The number of carbonyl (C=O) groups is 1. The van der Waals surface area contributed by atoms with Crippen molar-refractivity contribution in [3.8, 4) is 5.75 Å². The van der Waals surface area contributed by atoms with E-state index in [-0.39, 0.29) is 5.56 Å². The van der Waals surface area contributed by atoms with E-state index >= 15 is 0 Å². The molecular weight excluding hydrogens is 338 g/mol. The Balaban J connectivity index is 1.85. The zero-order chi connectivity index (χ0) is 18.0. The van der Waals surface area contributed by atoms with Crippen molar-refractivity contribution >= 4 is 27.5 Å². The Morgan fingerprint density at radius 1 is 1.36 bits per heavy atom. The molecule has 0 aliphatic heterocycles. The Hall–Kier alpha value is -2.67. The molecule has 0 bridgehead atoms. The largest absolute Gasteiger partial charge is 0.493 e. The third-order valence-electron chi connectivity index (χ3n) is 3.56. The van der Waals surface area contributed by atoms with Crippen molar-refractivity contribution in [1.29, 1.82) is 0 Å². The van der Waals surface area contributed by atoms with Crippen LogP contribution in [0.1, 0.15) is 30.0 Å². The van der Waals surface area contributed by atoms with E-state index in [0.717, 1.165) is 0 Å². The molecule has 6 nitrogen and oxygen atoms in total. The summed E-state index contributed by atoms with van der Waals surface area (Å²) in [6.07, 6.45) is 0. The molecule has 0 unspecified atom stereocenters. The van der Waals surface area contributed by atoms with Gasteiger partial charge in [-0.2, -0.15) is 0 Å². The van der Waals surface area contributed by atoms with Crippen LogP contribution in [-0.4, -0.2) is 22.2 Å². The number of fused-ring (bicyclic) bond motifs is 1. The van der Waals surface area contributed by atoms with Crippen LogP contribution in [0.4, 0.5) is 0 Å². The zero-order valence-corrected chi connectivity index (χ0v) is 15.1. The minimum Gasteiger partial charge on any atom is -0.493 e. The lowest BCUT2D eigenvalue weighted by Crippen LogP contribution is -2.35. The van der Waals surface area contributed by atoms with E-state index in [4.69, 9.17) is 4.74 Å². The first-order valence-electron chi connectivity index (χ1n) is 7.97. The van der Waals surface area contributed by atoms with Crippen LogP contribution >= 0.6 is 11.3 Å². The van der Waals surface area contributed by atoms with Crippen molar-refractivity contribution in [3.63, 3.8) is 0 Å². The summed E-state index contributed by atoms with van der Waals surface area (Å²) in [7, 11) is 0. The molecule has 7 heteroatoms. The van der Waals surface area contributed by atoms with Crippen LogP contribution in [0.5, 0.6) is 5.75 Å². The van der Waals surface area contributed by atoms with Gasteiger partial charge in [-0.15, -0.1) is 11.3 Å². The van der Waals surface area contributed by atoms with Gasteiger partial charge in [-0.05, 0) is 42.5 Å². The first-order valence-corrected chi connectivity index (χ1v) is 8.84. The number of aromatic nitrogens is 2. The number of aryl methyl sites for hydroxylation is 1. The van der Waals surface area contributed by atoms with Gasteiger partial charge in [-0.25, -0.2) is 9.66 Å². The molecular formula is C18H19N3O3S. The summed E-state index contributed by atoms with van der Waals surface area (Å²) in [5.41, 5.74) is 2.75. The molecule has 1 aromatic carbocycles. The Morgan fingerprint density at radius 2 is 2.16 bits per heavy atom. The maximum atomic E-state index is 12.5. The lowest BCUT2D eigenvalue weighted by molar-refractivity contribution is 0.101. The van der Waals surface area contributed by atoms with Crippen LogP contribution in [-0.2, 0) is 0 Å². The van der Waals surface area contributed by atoms with E-state index in [1.54, 1.807) is 42.6 Å². The molecule has 0 saturated heterocycles. The molecule has 130 valence electrons. The molecule has 0 aliphatic rings. The number of hydrogen-bond donors (Lipinski definition) is 1. The van der Waals surface area contributed by atoms with Crippen molar-refractivity contribution < 1.29 is 9.53 Å². The van der Waals surface area contributed by atoms with E-state index < -0.39 is 5.91 Å². The van der Waals surface area contributed by atoms with Crippen molar-refractivity contribution in [2.45, 2.75) is 20.8 Å². The summed E-state index contributed by atoms with van der Waals surface area (Å²) in [6, 6.07) is 8.59. The Kier molecular flexibility index (Phi) is 4.85. The molecule has 0 fully saturated rings. The van der Waals surface area contributed by atoms with Gasteiger partial charge in [0.25, 0.3) is 11.5 Å². The predicted octanol–water partition coefficient (Wildman–Crippen LogP) is 3.19. The molecule has 0 spiro atoms. The number of carbonyl (C=O) groups excluding carboxylic acids is 1. The number of rotatable bonds is 5. The molecule has 1 N–H and O–H groups in total. The van der Waals surface area contributed by atoms with E-state index in [2.05, 4.69) is 24.3 Å². The molecule has 2 heterocycles. The van der Waals surface area contributed by atoms with Gasteiger partial charge in [0.15, 0.2) is 0 Å². The monoisotopic (exact) mass is 357 g/mol. The second kappa shape index (κ2) is 7.06. The van der Waals surface area contributed by atoms with Crippen LogP contribution in [0.3, 0.4) is 0 Å². The number of benzene rings is 1. The van der Waals surface area contributed by atoms with Gasteiger partial charge < -0.3 is 4.74 Å². The van der Waals surface area contributed by atoms with Gasteiger partial charge in [0, 0.05) is 5.56 Å². The fraction of sp³-hybridized carbons (Fsp3) is 0.278. The second-order valence-electron chi connectivity index (χ2n) is 6.11. The minimum absolute atomic E-state index is 0.288. The number of hydrogen-bond acceptors (Lipinski definition) is 5. The maximum absolute atomic E-state index is 12.5. The maximum Gasteiger partial charge on any atom is 0.281 e. The van der Waals surface area contributed by atoms with Crippen molar-refractivity contribution in [2.75, 3.05) is 12.0 Å². The first kappa shape index (κ1) is 17.2. The van der Waals surface area contributed by atoms with Gasteiger partial charge in [0.1, 0.15) is 16.4 Å². The van der Waals surface area contributed by atoms with Crippen LogP contribution in [0, 0.1) is 12.8 Å². The zero-order valence-electron chi connectivity index (χ0n) is 14.3. The smallest absolute Gasteiger partial charge is 0.281 e. The molecule has 1 amide bonds. The first-order chi connectivity index (χ1) is 12.0. The minimum atomic E-state index is -0.392. The molecule has 0 atom stereocenters. The van der Waals surface area contributed by atoms with Gasteiger partial charge in [-0.1, -0.05) is 19.9 Å². The Morgan fingerprint density at radius 3 is 2.92 bits per heavy atom. The van der Waals surface area contributed by atoms with Gasteiger partial charge in [0.05, 0.1) is 12.0 Å². The molecule has 0 aliphatic carbocycles. The van der Waals surface area contributed by atoms with Gasteiger partial charge >= 0.3 is 0 Å². The van der Waals surface area contributed by atoms with Crippen LogP contribution in [0.2, 0.25) is 0 Å². The third kappa shape index (κ3) is 3.71. The highest BCUT2D eigenvalue weighted by Gasteiger charge is 2.13. The highest BCUT2D eigenvalue weighted by Crippen LogP contribution is 2.16. The van der Waals surface area contributed by atoms with Crippen LogP contribution in [0.25, 0.3) is 10.2 Å². The van der Waals surface area contributed by atoms with E-state index in [1.807, 2.05) is 0 Å². The highest BCUT2D eigenvalue weighted by molar-refractivity contribution is 7.16. The third-order valence-corrected chi connectivity index (χ3v) is 4.36. The van der Waals surface area contributed by atoms with Crippen LogP contribution < -0.4 is 15.7 Å². The molecule has 3 aromatic rings. The van der Waals surface area contributed by atoms with E-state index in [1.165, 1.54) is 16.0 Å². The number of nitrogens with one attached hydrogen (secondary N) is 1. The van der Waals surface area contributed by atoms with E-state index in [9.17, 15) is 9.59 Å². The fourth-order valence-electron chi connectivity index (χ4n) is 2.30. The Labute approximate surface area is 149 Å². The number of ether oxygens (including phenoxy) is 1. The standard InChI is InChI=1S/C18H19N3O3S/c1-11(2)10-24-14-6-4-5-13(9-14)16(22)20-21-12(3)19-17-15(18(21)23)7-8-25-17/h4-9,11H,10H2,1-3H3,(H,20,22). The Bertz CT molecular complexity index is 975. The summed E-state index contributed by atoms with van der Waals surface area (Å²) >= 11 is 1.40. The quantitative estimate of drug-likeness (QED) is 0.761. The van der Waals surface area contributed by atoms with Crippen molar-refractivity contribution in [3.05, 3.63) is 57.5 Å². The van der Waals surface area contributed by atoms with Gasteiger partial charge in [0.2, 0.25) is 0 Å². The second-order valence-corrected chi connectivity index (χ2v) is 7.01. The average molecular weight is 357 g/mol. The normalized spacial score (nSPS) is 11.0. The summed E-state index contributed by atoms with van der Waals surface area (Å²) in [4.78, 5) is 30.1. The van der Waals surface area contributed by atoms with Gasteiger partial charge in [-0.3, -0.25) is 15.0 Å². The molecule has 0 radical (unpaired) electrons. The summed E-state index contributed by atoms with van der Waals surface area (Å²) in [6.45, 7) is 6.37. The SMILES string of the molecule is Cc1nc2sccc2c(=O)n1NC(=O)c1cccc(OCC(C)C)c1. The molecule has 25 heavy (non-hydrogen) atoms. The average Bonchev–Trinajstić information content (AvgIpc) is 3.05. The lowest BCUT2D eigenvalue weighted by atomic mass is 10.2. The molecule has 0 saturated carbocycles. The van der Waals surface area contributed by atoms with Crippen molar-refractivity contribution in [1.82, 2.24) is 9.66 Å². The number of thiophene rings is 1. The fourth-order valence-corrected chi connectivity index (χ4v) is 3.10. The number of nitrogens with zero attached hydrogens (tertiary/aromatic N) is 2. The summed E-state index contributed by atoms with van der Waals surface area (Å²) in [5, 5.41) is 2.30. The van der Waals surface area contributed by atoms with Crippen LogP contribution in [0.15, 0.2) is 40.5 Å². The topological polar surface area (TPSA) is 73.2 Å². The molecule has 3 rings (SSSR count).